The highest BCUT2D eigenvalue weighted by Crippen LogP contribution is 2.17. The Morgan fingerprint density at radius 2 is 2.30 bits per heavy atom. The maximum atomic E-state index is 10.8. The fourth-order valence-corrected chi connectivity index (χ4v) is 2.20. The zero-order valence-electron chi connectivity index (χ0n) is 10.8. The quantitative estimate of drug-likeness (QED) is 0.610. The summed E-state index contributed by atoms with van der Waals surface area (Å²) in [4.78, 5) is 10.8. The van der Waals surface area contributed by atoms with Crippen molar-refractivity contribution in [1.29, 1.82) is 0 Å². The lowest BCUT2D eigenvalue weighted by molar-refractivity contribution is 0.0696. The van der Waals surface area contributed by atoms with Crippen LogP contribution in [0.15, 0.2) is 29.4 Å². The number of aromatic nitrogens is 3. The Balaban J connectivity index is 1.83. The van der Waals surface area contributed by atoms with E-state index in [9.17, 15) is 4.79 Å². The Morgan fingerprint density at radius 3 is 2.95 bits per heavy atom. The topological polar surface area (TPSA) is 103 Å². The molecule has 0 atom stereocenters. The maximum absolute atomic E-state index is 10.8. The summed E-state index contributed by atoms with van der Waals surface area (Å²) in [5.41, 5.74) is 5.77. The Kier molecular flexibility index (Phi) is 4.46. The zero-order valence-corrected chi connectivity index (χ0v) is 11.6. The SMILES string of the molecule is Cn1c(N)nnc1SCCOc1cccc(C(=O)O)c1. The molecule has 0 spiro atoms. The first-order valence-corrected chi connectivity index (χ1v) is 6.80. The zero-order chi connectivity index (χ0) is 14.5. The number of nitrogens with two attached hydrogens (primary N) is 1. The second kappa shape index (κ2) is 6.29. The van der Waals surface area contributed by atoms with Gasteiger partial charge < -0.3 is 15.6 Å². The van der Waals surface area contributed by atoms with Crippen LogP contribution in [0.4, 0.5) is 5.95 Å². The minimum atomic E-state index is -0.973. The molecule has 2 aromatic rings. The predicted molar refractivity (Wildman–Crippen MR) is 75.0 cm³/mol. The Morgan fingerprint density at radius 1 is 1.50 bits per heavy atom. The molecule has 8 heteroatoms. The van der Waals surface area contributed by atoms with Crippen molar-refractivity contribution in [2.45, 2.75) is 5.16 Å². The number of nitrogen functional groups attached to an aromatic ring is 1. The molecule has 0 radical (unpaired) electrons. The van der Waals surface area contributed by atoms with Gasteiger partial charge in [-0.05, 0) is 18.2 Å². The van der Waals surface area contributed by atoms with Gasteiger partial charge in [0.25, 0.3) is 0 Å². The second-order valence-electron chi connectivity index (χ2n) is 3.93. The van der Waals surface area contributed by atoms with Crippen LogP contribution in [-0.4, -0.2) is 38.2 Å². The van der Waals surface area contributed by atoms with E-state index >= 15 is 0 Å². The Bertz CT molecular complexity index is 614. The largest absolute Gasteiger partial charge is 0.493 e. The number of anilines is 1. The molecular formula is C12H14N4O3S. The van der Waals surface area contributed by atoms with E-state index in [1.807, 2.05) is 0 Å². The summed E-state index contributed by atoms with van der Waals surface area (Å²) in [6.07, 6.45) is 0. The lowest BCUT2D eigenvalue weighted by atomic mass is 10.2. The fraction of sp³-hybridized carbons (Fsp3) is 0.250. The third-order valence-electron chi connectivity index (χ3n) is 2.53. The van der Waals surface area contributed by atoms with E-state index < -0.39 is 5.97 Å². The first kappa shape index (κ1) is 14.2. The van der Waals surface area contributed by atoms with Crippen LogP contribution in [0.25, 0.3) is 0 Å². The van der Waals surface area contributed by atoms with E-state index in [1.165, 1.54) is 23.9 Å². The summed E-state index contributed by atoms with van der Waals surface area (Å²) in [5, 5.41) is 17.2. The highest BCUT2D eigenvalue weighted by atomic mass is 32.2. The van der Waals surface area contributed by atoms with Crippen LogP contribution in [0.3, 0.4) is 0 Å². The van der Waals surface area contributed by atoms with Crippen LogP contribution < -0.4 is 10.5 Å². The van der Waals surface area contributed by atoms with Gasteiger partial charge in [0.05, 0.1) is 12.2 Å². The number of carboxylic acids is 1. The minimum Gasteiger partial charge on any atom is -0.493 e. The Hall–Kier alpha value is -2.22. The molecular weight excluding hydrogens is 280 g/mol. The van der Waals surface area contributed by atoms with E-state index in [-0.39, 0.29) is 5.56 Å². The van der Waals surface area contributed by atoms with Crippen molar-refractivity contribution < 1.29 is 14.6 Å². The molecule has 0 saturated heterocycles. The first-order chi connectivity index (χ1) is 9.58. The molecule has 1 aromatic carbocycles. The molecule has 0 aliphatic carbocycles. The summed E-state index contributed by atoms with van der Waals surface area (Å²) >= 11 is 1.47. The molecule has 3 N–H and O–H groups in total. The van der Waals surface area contributed by atoms with E-state index in [2.05, 4.69) is 10.2 Å². The number of hydrogen-bond acceptors (Lipinski definition) is 6. The van der Waals surface area contributed by atoms with Gasteiger partial charge in [0.2, 0.25) is 5.95 Å². The number of ether oxygens (including phenoxy) is 1. The third-order valence-corrected chi connectivity index (χ3v) is 3.52. The van der Waals surface area contributed by atoms with Gasteiger partial charge in [-0.2, -0.15) is 0 Å². The van der Waals surface area contributed by atoms with Gasteiger partial charge in [-0.25, -0.2) is 4.79 Å². The fourth-order valence-electron chi connectivity index (χ4n) is 1.46. The average Bonchev–Trinajstić information content (AvgIpc) is 2.75. The summed E-state index contributed by atoms with van der Waals surface area (Å²) in [7, 11) is 1.79. The molecule has 20 heavy (non-hydrogen) atoms. The van der Waals surface area contributed by atoms with Gasteiger partial charge in [0, 0.05) is 12.8 Å². The van der Waals surface area contributed by atoms with Crippen LogP contribution in [0.5, 0.6) is 5.75 Å². The summed E-state index contributed by atoms with van der Waals surface area (Å²) in [6.45, 7) is 0.431. The van der Waals surface area contributed by atoms with Crippen LogP contribution in [0.1, 0.15) is 10.4 Å². The van der Waals surface area contributed by atoms with Gasteiger partial charge in [-0.15, -0.1) is 10.2 Å². The third kappa shape index (κ3) is 3.41. The Labute approximate surface area is 119 Å². The number of aromatic carboxylic acids is 1. The molecule has 1 aromatic heterocycles. The lowest BCUT2D eigenvalue weighted by Crippen LogP contribution is -2.03. The maximum Gasteiger partial charge on any atom is 0.335 e. The molecule has 0 amide bonds. The van der Waals surface area contributed by atoms with Gasteiger partial charge in [0.1, 0.15) is 5.75 Å². The van der Waals surface area contributed by atoms with Crippen molar-refractivity contribution in [2.75, 3.05) is 18.1 Å². The second-order valence-corrected chi connectivity index (χ2v) is 4.99. The molecule has 7 nitrogen and oxygen atoms in total. The molecule has 0 aliphatic rings. The van der Waals surface area contributed by atoms with Crippen molar-refractivity contribution in [2.24, 2.45) is 7.05 Å². The highest BCUT2D eigenvalue weighted by molar-refractivity contribution is 7.99. The molecule has 0 bridgehead atoms. The number of benzene rings is 1. The number of nitrogens with zero attached hydrogens (tertiary/aromatic N) is 3. The van der Waals surface area contributed by atoms with Crippen LogP contribution in [0.2, 0.25) is 0 Å². The number of thioether (sulfide) groups is 1. The summed E-state index contributed by atoms with van der Waals surface area (Å²) in [6, 6.07) is 6.38. The van der Waals surface area contributed by atoms with Crippen LogP contribution >= 0.6 is 11.8 Å². The summed E-state index contributed by atoms with van der Waals surface area (Å²) in [5.74, 6) is 0.577. The molecule has 0 saturated carbocycles. The molecule has 2 rings (SSSR count). The van der Waals surface area contributed by atoms with Crippen molar-refractivity contribution >= 4 is 23.7 Å². The van der Waals surface area contributed by atoms with Gasteiger partial charge in [-0.1, -0.05) is 17.8 Å². The number of carboxylic acid groups (broad SMARTS) is 1. The van der Waals surface area contributed by atoms with E-state index in [0.29, 0.717) is 29.2 Å². The molecule has 0 unspecified atom stereocenters. The lowest BCUT2D eigenvalue weighted by Gasteiger charge is -2.06. The van der Waals surface area contributed by atoms with Crippen LogP contribution in [-0.2, 0) is 7.05 Å². The van der Waals surface area contributed by atoms with Gasteiger partial charge in [-0.3, -0.25) is 4.57 Å². The van der Waals surface area contributed by atoms with Crippen molar-refractivity contribution in [3.8, 4) is 5.75 Å². The normalized spacial score (nSPS) is 10.4. The first-order valence-electron chi connectivity index (χ1n) is 5.82. The average molecular weight is 294 g/mol. The number of rotatable bonds is 6. The van der Waals surface area contributed by atoms with Gasteiger partial charge >= 0.3 is 5.97 Å². The molecule has 0 fully saturated rings. The number of hydrogen-bond donors (Lipinski definition) is 2. The molecule has 1 heterocycles. The monoisotopic (exact) mass is 294 g/mol. The molecule has 0 aliphatic heterocycles. The highest BCUT2D eigenvalue weighted by Gasteiger charge is 2.06. The minimum absolute atomic E-state index is 0.205. The smallest absolute Gasteiger partial charge is 0.335 e. The van der Waals surface area contributed by atoms with E-state index in [0.717, 1.165) is 0 Å². The van der Waals surface area contributed by atoms with Crippen molar-refractivity contribution in [3.05, 3.63) is 29.8 Å². The molecule has 106 valence electrons. The van der Waals surface area contributed by atoms with Crippen LogP contribution in [0, 0.1) is 0 Å². The van der Waals surface area contributed by atoms with E-state index in [4.69, 9.17) is 15.6 Å². The van der Waals surface area contributed by atoms with E-state index in [1.54, 1.807) is 23.7 Å². The van der Waals surface area contributed by atoms with Gasteiger partial charge in [0.15, 0.2) is 5.16 Å². The summed E-state index contributed by atoms with van der Waals surface area (Å²) < 4.78 is 7.18. The number of carbonyl (C=O) groups is 1. The van der Waals surface area contributed by atoms with Crippen molar-refractivity contribution in [3.63, 3.8) is 0 Å². The standard InChI is InChI=1S/C12H14N4O3S/c1-16-11(13)14-15-12(16)20-6-5-19-9-4-2-3-8(7-9)10(17)18/h2-4,7H,5-6H2,1H3,(H2,13,14)(H,17,18). The van der Waals surface area contributed by atoms with Crippen molar-refractivity contribution in [1.82, 2.24) is 14.8 Å². The predicted octanol–water partition coefficient (Wildman–Crippen LogP) is 1.27.